The lowest BCUT2D eigenvalue weighted by Gasteiger charge is -2.19. The Bertz CT molecular complexity index is 1140. The second kappa shape index (κ2) is 7.88. The normalized spacial score (nSPS) is 16.1. The van der Waals surface area contributed by atoms with E-state index in [1.54, 1.807) is 24.5 Å². The number of hydrogen-bond acceptors (Lipinski definition) is 4. The minimum Gasteiger partial charge on any atom is -0.340 e. The lowest BCUT2D eigenvalue weighted by molar-refractivity contribution is -0.131. The van der Waals surface area contributed by atoms with Crippen molar-refractivity contribution in [2.75, 3.05) is 7.05 Å². The summed E-state index contributed by atoms with van der Waals surface area (Å²) in [5.74, 6) is -0.167. The van der Waals surface area contributed by atoms with Gasteiger partial charge in [-0.1, -0.05) is 24.6 Å². The number of carbonyl (C=O) groups excluding carboxylic acids is 1. The number of amides is 1. The maximum atomic E-state index is 14.0. The van der Waals surface area contributed by atoms with E-state index in [0.29, 0.717) is 11.3 Å². The van der Waals surface area contributed by atoms with Crippen molar-refractivity contribution in [3.05, 3.63) is 61.7 Å². The number of thiophene rings is 1. The largest absolute Gasteiger partial charge is 0.340 e. The van der Waals surface area contributed by atoms with Crippen LogP contribution < -0.4 is 5.56 Å². The number of halogens is 2. The molecule has 0 bridgehead atoms. The number of likely N-dealkylation sites (N-methyl/N-ethyl adjacent to an activating group) is 1. The van der Waals surface area contributed by atoms with Gasteiger partial charge in [0.05, 0.1) is 11.7 Å². The lowest BCUT2D eigenvalue weighted by atomic mass is 9.89. The van der Waals surface area contributed by atoms with Crippen molar-refractivity contribution in [3.8, 4) is 0 Å². The highest BCUT2D eigenvalue weighted by atomic mass is 35.5. The van der Waals surface area contributed by atoms with E-state index in [9.17, 15) is 14.0 Å². The summed E-state index contributed by atoms with van der Waals surface area (Å²) in [6.45, 7) is 2.10. The highest BCUT2D eigenvalue weighted by Crippen LogP contribution is 2.35. The van der Waals surface area contributed by atoms with Gasteiger partial charge in [0, 0.05) is 29.1 Å². The third-order valence-electron chi connectivity index (χ3n) is 5.47. The lowest BCUT2D eigenvalue weighted by Crippen LogP contribution is -2.34. The molecule has 1 aromatic carbocycles. The number of hydrogen-bond donors (Lipinski definition) is 0. The van der Waals surface area contributed by atoms with E-state index in [-0.39, 0.29) is 35.1 Å². The number of fused-ring (bicyclic) bond motifs is 3. The zero-order valence-electron chi connectivity index (χ0n) is 16.2. The van der Waals surface area contributed by atoms with Crippen LogP contribution in [0.5, 0.6) is 0 Å². The Labute approximate surface area is 176 Å². The summed E-state index contributed by atoms with van der Waals surface area (Å²) in [5, 5.41) is 0.913. The molecule has 8 heteroatoms. The first kappa shape index (κ1) is 20.0. The molecule has 0 spiro atoms. The van der Waals surface area contributed by atoms with E-state index in [0.717, 1.165) is 29.7 Å². The second-order valence-corrected chi connectivity index (χ2v) is 9.15. The standard InChI is InChI=1S/C21H21ClFN3O2S/c1-12-6-7-13-17(8-12)29-20-19(13)21(28)26(11-24-20)10-18(27)25(2)9-14-15(22)4-3-5-16(14)23/h3-5,11-12H,6-10H2,1-2H3/t12-/m0/s1. The van der Waals surface area contributed by atoms with Gasteiger partial charge in [-0.05, 0) is 42.9 Å². The first-order chi connectivity index (χ1) is 13.8. The predicted octanol–water partition coefficient (Wildman–Crippen LogP) is 4.03. The summed E-state index contributed by atoms with van der Waals surface area (Å²) in [6.07, 6.45) is 4.33. The van der Waals surface area contributed by atoms with Gasteiger partial charge in [-0.3, -0.25) is 14.2 Å². The summed E-state index contributed by atoms with van der Waals surface area (Å²) in [6, 6.07) is 4.41. The molecular weight excluding hydrogens is 413 g/mol. The third kappa shape index (κ3) is 3.81. The van der Waals surface area contributed by atoms with Crippen molar-refractivity contribution in [3.63, 3.8) is 0 Å². The van der Waals surface area contributed by atoms with Crippen molar-refractivity contribution in [2.24, 2.45) is 5.92 Å². The SMILES string of the molecule is C[C@H]1CCc2c(sc3ncn(CC(=O)N(C)Cc4c(F)cccc4Cl)c(=O)c23)C1. The fraction of sp³-hybridized carbons (Fsp3) is 0.381. The molecule has 5 nitrogen and oxygen atoms in total. The zero-order chi connectivity index (χ0) is 20.7. The van der Waals surface area contributed by atoms with Crippen LogP contribution in [-0.2, 0) is 30.7 Å². The summed E-state index contributed by atoms with van der Waals surface area (Å²) in [5.41, 5.74) is 1.16. The molecule has 1 aliphatic rings. The molecule has 0 radical (unpaired) electrons. The number of aryl methyl sites for hydroxylation is 1. The van der Waals surface area contributed by atoms with Crippen LogP contribution in [0.3, 0.4) is 0 Å². The van der Waals surface area contributed by atoms with Crippen molar-refractivity contribution in [2.45, 2.75) is 39.3 Å². The molecule has 0 aliphatic heterocycles. The van der Waals surface area contributed by atoms with Gasteiger partial charge in [-0.2, -0.15) is 0 Å². The number of benzene rings is 1. The Kier molecular flexibility index (Phi) is 5.44. The summed E-state index contributed by atoms with van der Waals surface area (Å²) in [7, 11) is 1.57. The summed E-state index contributed by atoms with van der Waals surface area (Å²) < 4.78 is 15.3. The third-order valence-corrected chi connectivity index (χ3v) is 6.99. The zero-order valence-corrected chi connectivity index (χ0v) is 17.8. The van der Waals surface area contributed by atoms with Crippen LogP contribution >= 0.6 is 22.9 Å². The molecule has 4 rings (SSSR count). The average Bonchev–Trinajstić information content (AvgIpc) is 3.05. The highest BCUT2D eigenvalue weighted by molar-refractivity contribution is 7.18. The van der Waals surface area contributed by atoms with Crippen LogP contribution in [0.25, 0.3) is 10.2 Å². The molecule has 152 valence electrons. The molecule has 0 N–H and O–H groups in total. The Balaban J connectivity index is 1.58. The van der Waals surface area contributed by atoms with Gasteiger partial charge in [-0.15, -0.1) is 11.3 Å². The molecule has 0 unspecified atom stereocenters. The Hall–Kier alpha value is -2.25. The molecule has 3 aromatic rings. The van der Waals surface area contributed by atoms with Gasteiger partial charge in [0.1, 0.15) is 17.2 Å². The van der Waals surface area contributed by atoms with Crippen LogP contribution in [0.4, 0.5) is 4.39 Å². The minimum atomic E-state index is -0.462. The van der Waals surface area contributed by atoms with Crippen molar-refractivity contribution in [1.29, 1.82) is 0 Å². The fourth-order valence-electron chi connectivity index (χ4n) is 3.75. The molecule has 1 atom stereocenters. The van der Waals surface area contributed by atoms with Gasteiger partial charge < -0.3 is 4.90 Å². The number of rotatable bonds is 4. The molecule has 2 heterocycles. The topological polar surface area (TPSA) is 55.2 Å². The molecular formula is C21H21ClFN3O2S. The van der Waals surface area contributed by atoms with Crippen LogP contribution in [0, 0.1) is 11.7 Å². The molecule has 0 saturated carbocycles. The van der Waals surface area contributed by atoms with Crippen molar-refractivity contribution in [1.82, 2.24) is 14.5 Å². The molecule has 0 saturated heterocycles. The van der Waals surface area contributed by atoms with Gasteiger partial charge in [-0.25, -0.2) is 9.37 Å². The first-order valence-corrected chi connectivity index (χ1v) is 10.7. The minimum absolute atomic E-state index is 0.0283. The maximum Gasteiger partial charge on any atom is 0.262 e. The number of carbonyl (C=O) groups is 1. The molecule has 29 heavy (non-hydrogen) atoms. The van der Waals surface area contributed by atoms with Crippen LogP contribution in [0.2, 0.25) is 5.02 Å². The fourth-order valence-corrected chi connectivity index (χ4v) is 5.32. The number of aromatic nitrogens is 2. The molecule has 0 fully saturated rings. The van der Waals surface area contributed by atoms with Crippen molar-refractivity contribution < 1.29 is 9.18 Å². The van der Waals surface area contributed by atoms with Gasteiger partial charge in [0.15, 0.2) is 0 Å². The van der Waals surface area contributed by atoms with Gasteiger partial charge in [0.2, 0.25) is 5.91 Å². The molecule has 1 aliphatic carbocycles. The van der Waals surface area contributed by atoms with E-state index in [1.165, 1.54) is 32.8 Å². The monoisotopic (exact) mass is 433 g/mol. The number of nitrogens with zero attached hydrogens (tertiary/aromatic N) is 3. The Morgan fingerprint density at radius 3 is 3.00 bits per heavy atom. The summed E-state index contributed by atoms with van der Waals surface area (Å²) >= 11 is 7.63. The summed E-state index contributed by atoms with van der Waals surface area (Å²) in [4.78, 5) is 33.5. The van der Waals surface area contributed by atoms with E-state index >= 15 is 0 Å². The highest BCUT2D eigenvalue weighted by Gasteiger charge is 2.24. The van der Waals surface area contributed by atoms with Crippen molar-refractivity contribution >= 4 is 39.1 Å². The first-order valence-electron chi connectivity index (χ1n) is 9.51. The molecule has 2 aromatic heterocycles. The van der Waals surface area contributed by atoms with Gasteiger partial charge in [0.25, 0.3) is 5.56 Å². The van der Waals surface area contributed by atoms with E-state index < -0.39 is 5.82 Å². The van der Waals surface area contributed by atoms with E-state index in [2.05, 4.69) is 11.9 Å². The van der Waals surface area contributed by atoms with Crippen LogP contribution in [0.15, 0.2) is 29.3 Å². The smallest absolute Gasteiger partial charge is 0.262 e. The molecule has 1 amide bonds. The van der Waals surface area contributed by atoms with E-state index in [4.69, 9.17) is 11.6 Å². The van der Waals surface area contributed by atoms with Crippen LogP contribution in [-0.4, -0.2) is 27.4 Å². The van der Waals surface area contributed by atoms with Gasteiger partial charge >= 0.3 is 0 Å². The van der Waals surface area contributed by atoms with E-state index in [1.807, 2.05) is 0 Å². The predicted molar refractivity (Wildman–Crippen MR) is 113 cm³/mol. The Morgan fingerprint density at radius 1 is 1.45 bits per heavy atom. The average molecular weight is 434 g/mol. The maximum absolute atomic E-state index is 14.0. The van der Waals surface area contributed by atoms with Crippen LogP contribution in [0.1, 0.15) is 29.3 Å². The quantitative estimate of drug-likeness (QED) is 0.624. The Morgan fingerprint density at radius 2 is 2.24 bits per heavy atom. The second-order valence-electron chi connectivity index (χ2n) is 7.66.